The van der Waals surface area contributed by atoms with E-state index >= 15 is 0 Å². The number of hydrogen-bond acceptors (Lipinski definition) is 2. The van der Waals surface area contributed by atoms with Crippen molar-refractivity contribution < 1.29 is 4.79 Å². The number of rotatable bonds is 4. The monoisotopic (exact) mass is 295 g/mol. The van der Waals surface area contributed by atoms with Crippen LogP contribution in [0.1, 0.15) is 29.5 Å². The van der Waals surface area contributed by atoms with Crippen LogP contribution in [-0.4, -0.2) is 22.0 Å². The van der Waals surface area contributed by atoms with Crippen LogP contribution in [0.15, 0.2) is 42.7 Å². The largest absolute Gasteiger partial charge is 0.322 e. The van der Waals surface area contributed by atoms with Gasteiger partial charge in [-0.05, 0) is 61.6 Å². The second-order valence-corrected chi connectivity index (χ2v) is 5.89. The third-order valence-corrected chi connectivity index (χ3v) is 4.20. The number of benzene rings is 1. The number of nitrogens with zero attached hydrogens (tertiary/aromatic N) is 2. The minimum Gasteiger partial charge on any atom is -0.317 e. The zero-order valence-electron chi connectivity index (χ0n) is 13.0. The topological polar surface area (TPSA) is 45.2 Å². The van der Waals surface area contributed by atoms with Crippen molar-refractivity contribution >= 4 is 11.7 Å². The lowest BCUT2D eigenvalue weighted by molar-refractivity contribution is 0.206. The molecule has 1 N–H and O–H groups in total. The van der Waals surface area contributed by atoms with Crippen molar-refractivity contribution in [3.8, 4) is 0 Å². The molecule has 1 aromatic heterocycles. The molecule has 4 heteroatoms. The molecule has 22 heavy (non-hydrogen) atoms. The van der Waals surface area contributed by atoms with Gasteiger partial charge in [-0.3, -0.25) is 4.98 Å². The molecular formula is C18H21N3O. The van der Waals surface area contributed by atoms with E-state index in [4.69, 9.17) is 0 Å². The lowest BCUT2D eigenvalue weighted by Gasteiger charge is -2.23. The van der Waals surface area contributed by atoms with Gasteiger partial charge in [-0.25, -0.2) is 4.79 Å². The molecular weight excluding hydrogens is 274 g/mol. The maximum atomic E-state index is 12.7. The molecule has 3 rings (SSSR count). The van der Waals surface area contributed by atoms with Crippen LogP contribution in [0.2, 0.25) is 0 Å². The summed E-state index contributed by atoms with van der Waals surface area (Å²) in [4.78, 5) is 18.6. The number of aryl methyl sites for hydroxylation is 1. The second kappa shape index (κ2) is 6.18. The number of hydrogen-bond donors (Lipinski definition) is 1. The van der Waals surface area contributed by atoms with Crippen molar-refractivity contribution in [1.29, 1.82) is 0 Å². The van der Waals surface area contributed by atoms with Crippen molar-refractivity contribution in [3.05, 3.63) is 59.4 Å². The maximum absolute atomic E-state index is 12.7. The molecule has 2 amide bonds. The quantitative estimate of drug-likeness (QED) is 0.930. The zero-order valence-corrected chi connectivity index (χ0v) is 13.0. The Balaban J connectivity index is 1.74. The van der Waals surface area contributed by atoms with Gasteiger partial charge in [0, 0.05) is 30.7 Å². The predicted molar refractivity (Wildman–Crippen MR) is 87.7 cm³/mol. The van der Waals surface area contributed by atoms with E-state index in [1.807, 2.05) is 36.1 Å². The molecule has 0 unspecified atom stereocenters. The number of nitrogens with one attached hydrogen (secondary N) is 1. The number of anilines is 1. The Kier molecular flexibility index (Phi) is 4.09. The van der Waals surface area contributed by atoms with E-state index in [-0.39, 0.29) is 6.03 Å². The van der Waals surface area contributed by atoms with Gasteiger partial charge in [0.15, 0.2) is 0 Å². The van der Waals surface area contributed by atoms with Crippen molar-refractivity contribution in [2.45, 2.75) is 39.3 Å². The molecule has 1 aromatic carbocycles. The molecule has 0 spiro atoms. The van der Waals surface area contributed by atoms with E-state index in [0.29, 0.717) is 12.6 Å². The normalized spacial score (nSPS) is 13.7. The number of carbonyl (C=O) groups excluding carboxylic acids is 1. The van der Waals surface area contributed by atoms with Crippen molar-refractivity contribution in [2.75, 3.05) is 5.32 Å². The summed E-state index contributed by atoms with van der Waals surface area (Å²) in [5, 5.41) is 3.06. The second-order valence-electron chi connectivity index (χ2n) is 5.89. The Labute approximate surface area is 131 Å². The first-order valence-corrected chi connectivity index (χ1v) is 7.68. The minimum absolute atomic E-state index is 0.0204. The summed E-state index contributed by atoms with van der Waals surface area (Å²) in [6.07, 6.45) is 5.71. The molecule has 4 nitrogen and oxygen atoms in total. The van der Waals surface area contributed by atoms with Crippen LogP contribution in [0, 0.1) is 13.8 Å². The fraction of sp³-hybridized carbons (Fsp3) is 0.333. The van der Waals surface area contributed by atoms with E-state index in [1.54, 1.807) is 12.4 Å². The van der Waals surface area contributed by atoms with Gasteiger partial charge in [-0.15, -0.1) is 0 Å². The summed E-state index contributed by atoms with van der Waals surface area (Å²) in [6, 6.07) is 10.2. The molecule has 0 radical (unpaired) electrons. The highest BCUT2D eigenvalue weighted by Crippen LogP contribution is 2.29. The van der Waals surface area contributed by atoms with Crippen molar-refractivity contribution in [2.24, 2.45) is 0 Å². The van der Waals surface area contributed by atoms with Crippen LogP contribution < -0.4 is 5.32 Å². The molecule has 2 aromatic rings. The Hall–Kier alpha value is -2.36. The Bertz CT molecular complexity index is 665. The van der Waals surface area contributed by atoms with Gasteiger partial charge in [0.05, 0.1) is 0 Å². The fourth-order valence-electron chi connectivity index (χ4n) is 2.51. The maximum Gasteiger partial charge on any atom is 0.322 e. The summed E-state index contributed by atoms with van der Waals surface area (Å²) >= 11 is 0. The van der Waals surface area contributed by atoms with Gasteiger partial charge in [-0.1, -0.05) is 12.1 Å². The predicted octanol–water partition coefficient (Wildman–Crippen LogP) is 3.89. The zero-order chi connectivity index (χ0) is 15.5. The number of urea groups is 1. The molecule has 1 saturated carbocycles. The SMILES string of the molecule is Cc1cccc(NC(=O)N(Cc2ccncc2)C2CC2)c1C. The van der Waals surface area contributed by atoms with Gasteiger partial charge in [0.25, 0.3) is 0 Å². The summed E-state index contributed by atoms with van der Waals surface area (Å²) in [7, 11) is 0. The first kappa shape index (κ1) is 14.6. The molecule has 0 bridgehead atoms. The van der Waals surface area contributed by atoms with Gasteiger partial charge < -0.3 is 10.2 Å². The number of aromatic nitrogens is 1. The van der Waals surface area contributed by atoms with Gasteiger partial charge >= 0.3 is 6.03 Å². The molecule has 1 heterocycles. The van der Waals surface area contributed by atoms with Gasteiger partial charge in [0.2, 0.25) is 0 Å². The average Bonchev–Trinajstić information content (AvgIpc) is 3.35. The van der Waals surface area contributed by atoms with E-state index in [1.165, 1.54) is 5.56 Å². The van der Waals surface area contributed by atoms with Crippen LogP contribution >= 0.6 is 0 Å². The summed E-state index contributed by atoms with van der Waals surface area (Å²) in [5.74, 6) is 0. The van der Waals surface area contributed by atoms with Crippen LogP contribution in [0.25, 0.3) is 0 Å². The van der Waals surface area contributed by atoms with E-state index < -0.39 is 0 Å². The first-order chi connectivity index (χ1) is 10.6. The fourth-order valence-corrected chi connectivity index (χ4v) is 2.51. The minimum atomic E-state index is -0.0204. The smallest absolute Gasteiger partial charge is 0.317 e. The van der Waals surface area contributed by atoms with Crippen molar-refractivity contribution in [3.63, 3.8) is 0 Å². The lowest BCUT2D eigenvalue weighted by atomic mass is 10.1. The van der Waals surface area contributed by atoms with Crippen LogP contribution in [0.4, 0.5) is 10.5 Å². The van der Waals surface area contributed by atoms with E-state index in [2.05, 4.69) is 23.3 Å². The average molecular weight is 295 g/mol. The molecule has 0 aliphatic heterocycles. The Morgan fingerprint density at radius 3 is 2.64 bits per heavy atom. The number of carbonyl (C=O) groups is 1. The summed E-state index contributed by atoms with van der Waals surface area (Å²) in [5.41, 5.74) is 4.31. The Morgan fingerprint density at radius 1 is 1.23 bits per heavy atom. The van der Waals surface area contributed by atoms with Gasteiger partial charge in [-0.2, -0.15) is 0 Å². The first-order valence-electron chi connectivity index (χ1n) is 7.68. The number of pyridine rings is 1. The molecule has 0 atom stereocenters. The molecule has 114 valence electrons. The van der Waals surface area contributed by atoms with E-state index in [9.17, 15) is 4.79 Å². The summed E-state index contributed by atoms with van der Waals surface area (Å²) in [6.45, 7) is 4.72. The number of amides is 2. The Morgan fingerprint density at radius 2 is 1.95 bits per heavy atom. The van der Waals surface area contributed by atoms with Crippen LogP contribution in [0.5, 0.6) is 0 Å². The van der Waals surface area contributed by atoms with Crippen LogP contribution in [-0.2, 0) is 6.54 Å². The van der Waals surface area contributed by atoms with Crippen molar-refractivity contribution in [1.82, 2.24) is 9.88 Å². The lowest BCUT2D eigenvalue weighted by Crippen LogP contribution is -2.36. The highest BCUT2D eigenvalue weighted by molar-refractivity contribution is 5.90. The van der Waals surface area contributed by atoms with E-state index in [0.717, 1.165) is 29.7 Å². The third-order valence-electron chi connectivity index (χ3n) is 4.20. The highest BCUT2D eigenvalue weighted by atomic mass is 16.2. The summed E-state index contributed by atoms with van der Waals surface area (Å²) < 4.78 is 0. The van der Waals surface area contributed by atoms with Gasteiger partial charge in [0.1, 0.15) is 0 Å². The third kappa shape index (κ3) is 3.27. The molecule has 1 fully saturated rings. The molecule has 0 saturated heterocycles. The molecule has 1 aliphatic rings. The highest BCUT2D eigenvalue weighted by Gasteiger charge is 2.32. The standard InChI is InChI=1S/C18H21N3O/c1-13-4-3-5-17(14(13)2)20-18(22)21(16-6-7-16)12-15-8-10-19-11-9-15/h3-5,8-11,16H,6-7,12H2,1-2H3,(H,20,22). The molecule has 1 aliphatic carbocycles. The van der Waals surface area contributed by atoms with Crippen LogP contribution in [0.3, 0.4) is 0 Å².